The van der Waals surface area contributed by atoms with Crippen LogP contribution in [0.4, 0.5) is 0 Å². The first kappa shape index (κ1) is 14.3. The number of hydrogen-bond donors (Lipinski definition) is 1. The third kappa shape index (κ3) is 3.27. The van der Waals surface area contributed by atoms with Crippen molar-refractivity contribution in [1.29, 1.82) is 0 Å². The Bertz CT molecular complexity index is 627. The minimum atomic E-state index is -0.929. The molecule has 0 aliphatic heterocycles. The summed E-state index contributed by atoms with van der Waals surface area (Å²) in [6.45, 7) is 4.43. The monoisotopic (exact) mass is 288 g/mol. The Morgan fingerprint density at radius 3 is 2.75 bits per heavy atom. The summed E-state index contributed by atoms with van der Waals surface area (Å²) in [5.74, 6) is -0.140. The molecule has 0 atom stereocenters. The lowest BCUT2D eigenvalue weighted by atomic mass is 10.0. The van der Waals surface area contributed by atoms with Crippen molar-refractivity contribution >= 4 is 29.0 Å². The van der Waals surface area contributed by atoms with Crippen molar-refractivity contribution in [2.24, 2.45) is 0 Å². The average Bonchev–Trinajstić information content (AvgIpc) is 2.91. The van der Waals surface area contributed by atoms with Crippen LogP contribution in [0.15, 0.2) is 35.7 Å². The average molecular weight is 288 g/mol. The van der Waals surface area contributed by atoms with E-state index >= 15 is 0 Å². The molecule has 3 nitrogen and oxygen atoms in total. The Labute approximate surface area is 122 Å². The fourth-order valence-electron chi connectivity index (χ4n) is 1.92. The number of rotatable bonds is 5. The number of ether oxygens (including phenoxy) is 1. The number of aryl methyl sites for hydroxylation is 1. The van der Waals surface area contributed by atoms with Gasteiger partial charge in [0.15, 0.2) is 0 Å². The lowest BCUT2D eigenvalue weighted by Gasteiger charge is -2.09. The van der Waals surface area contributed by atoms with Crippen LogP contribution in [0.5, 0.6) is 5.75 Å². The highest BCUT2D eigenvalue weighted by Gasteiger charge is 2.12. The van der Waals surface area contributed by atoms with Crippen molar-refractivity contribution in [1.82, 2.24) is 0 Å². The molecule has 2 aromatic rings. The Morgan fingerprint density at radius 2 is 2.20 bits per heavy atom. The van der Waals surface area contributed by atoms with Crippen molar-refractivity contribution in [2.75, 3.05) is 6.61 Å². The third-order valence-corrected chi connectivity index (χ3v) is 3.67. The maximum Gasteiger partial charge on any atom is 0.336 e. The molecule has 0 aliphatic rings. The molecule has 1 N–H and O–H groups in total. The van der Waals surface area contributed by atoms with Gasteiger partial charge in [0, 0.05) is 4.88 Å². The topological polar surface area (TPSA) is 46.5 Å². The van der Waals surface area contributed by atoms with Gasteiger partial charge in [-0.25, -0.2) is 4.79 Å². The van der Waals surface area contributed by atoms with Gasteiger partial charge in [0.1, 0.15) is 5.75 Å². The van der Waals surface area contributed by atoms with E-state index in [9.17, 15) is 9.90 Å². The lowest BCUT2D eigenvalue weighted by molar-refractivity contribution is -0.130. The first-order valence-electron chi connectivity index (χ1n) is 6.34. The molecule has 0 bridgehead atoms. The second-order valence-corrected chi connectivity index (χ2v) is 5.27. The molecule has 4 heteroatoms. The van der Waals surface area contributed by atoms with Crippen LogP contribution in [-0.2, 0) is 4.79 Å². The van der Waals surface area contributed by atoms with Gasteiger partial charge in [-0.3, -0.25) is 0 Å². The van der Waals surface area contributed by atoms with E-state index in [1.165, 1.54) is 11.3 Å². The highest BCUT2D eigenvalue weighted by Crippen LogP contribution is 2.26. The van der Waals surface area contributed by atoms with Crippen LogP contribution in [0.3, 0.4) is 0 Å². The number of hydrogen-bond acceptors (Lipinski definition) is 3. The van der Waals surface area contributed by atoms with Crippen molar-refractivity contribution in [3.8, 4) is 5.75 Å². The summed E-state index contributed by atoms with van der Waals surface area (Å²) in [7, 11) is 0. The number of carbonyl (C=O) groups is 1. The van der Waals surface area contributed by atoms with Gasteiger partial charge >= 0.3 is 5.97 Å². The molecule has 0 radical (unpaired) electrons. The van der Waals surface area contributed by atoms with Crippen molar-refractivity contribution in [3.63, 3.8) is 0 Å². The van der Waals surface area contributed by atoms with E-state index in [2.05, 4.69) is 0 Å². The maximum atomic E-state index is 11.5. The van der Waals surface area contributed by atoms with Crippen LogP contribution < -0.4 is 4.74 Å². The minimum absolute atomic E-state index is 0.290. The zero-order valence-electron chi connectivity index (χ0n) is 11.4. The first-order valence-corrected chi connectivity index (χ1v) is 7.22. The van der Waals surface area contributed by atoms with Crippen LogP contribution in [-0.4, -0.2) is 17.7 Å². The molecule has 0 spiro atoms. The maximum absolute atomic E-state index is 11.5. The Kier molecular flexibility index (Phi) is 4.58. The van der Waals surface area contributed by atoms with Crippen LogP contribution in [0, 0.1) is 6.92 Å². The lowest BCUT2D eigenvalue weighted by Crippen LogP contribution is -2.01. The second-order valence-electron chi connectivity index (χ2n) is 4.29. The SMILES string of the molecule is CCOc1ccc(/C(=C/c2cccs2)C(=O)O)cc1C. The smallest absolute Gasteiger partial charge is 0.336 e. The van der Waals surface area contributed by atoms with E-state index in [-0.39, 0.29) is 0 Å². The van der Waals surface area contributed by atoms with Gasteiger partial charge in [-0.1, -0.05) is 12.1 Å². The molecule has 104 valence electrons. The Hall–Kier alpha value is -2.07. The molecular formula is C16H16O3S. The van der Waals surface area contributed by atoms with Gasteiger partial charge in [-0.15, -0.1) is 11.3 Å². The van der Waals surface area contributed by atoms with Gasteiger partial charge in [-0.2, -0.15) is 0 Å². The number of carboxylic acid groups (broad SMARTS) is 1. The Balaban J connectivity index is 2.40. The Morgan fingerprint density at radius 1 is 1.40 bits per heavy atom. The second kappa shape index (κ2) is 6.39. The van der Waals surface area contributed by atoms with Crippen molar-refractivity contribution in [2.45, 2.75) is 13.8 Å². The number of thiophene rings is 1. The van der Waals surface area contributed by atoms with Gasteiger partial charge in [0.05, 0.1) is 12.2 Å². The van der Waals surface area contributed by atoms with Crippen molar-refractivity contribution < 1.29 is 14.6 Å². The summed E-state index contributed by atoms with van der Waals surface area (Å²) in [6, 6.07) is 9.25. The summed E-state index contributed by atoms with van der Waals surface area (Å²) < 4.78 is 5.47. The predicted molar refractivity (Wildman–Crippen MR) is 82.2 cm³/mol. The fourth-order valence-corrected chi connectivity index (χ4v) is 2.58. The first-order chi connectivity index (χ1) is 9.61. The quantitative estimate of drug-likeness (QED) is 0.843. The molecule has 1 aromatic heterocycles. The summed E-state index contributed by atoms with van der Waals surface area (Å²) in [6.07, 6.45) is 1.70. The summed E-state index contributed by atoms with van der Waals surface area (Å²) >= 11 is 1.51. The van der Waals surface area contributed by atoms with Gasteiger partial charge < -0.3 is 9.84 Å². The number of benzene rings is 1. The van der Waals surface area contributed by atoms with E-state index in [1.54, 1.807) is 12.1 Å². The van der Waals surface area contributed by atoms with E-state index in [4.69, 9.17) is 4.74 Å². The number of aliphatic carboxylic acids is 1. The largest absolute Gasteiger partial charge is 0.494 e. The van der Waals surface area contributed by atoms with E-state index in [0.29, 0.717) is 17.7 Å². The van der Waals surface area contributed by atoms with Gasteiger partial charge in [0.25, 0.3) is 0 Å². The molecule has 0 aliphatic carbocycles. The summed E-state index contributed by atoms with van der Waals surface area (Å²) in [5.41, 5.74) is 1.91. The normalized spacial score (nSPS) is 11.4. The zero-order chi connectivity index (χ0) is 14.5. The minimum Gasteiger partial charge on any atom is -0.494 e. The zero-order valence-corrected chi connectivity index (χ0v) is 12.2. The molecule has 0 saturated carbocycles. The van der Waals surface area contributed by atoms with Crippen LogP contribution in [0.25, 0.3) is 11.6 Å². The molecule has 20 heavy (non-hydrogen) atoms. The fraction of sp³-hybridized carbons (Fsp3) is 0.188. The third-order valence-electron chi connectivity index (χ3n) is 2.85. The molecule has 0 amide bonds. The van der Waals surface area contributed by atoms with Crippen LogP contribution in [0.2, 0.25) is 0 Å². The molecule has 1 heterocycles. The molecule has 2 rings (SSSR count). The standard InChI is InChI=1S/C16H16O3S/c1-3-19-15-7-6-12(9-11(15)2)14(16(17)18)10-13-5-4-8-20-13/h4-10H,3H2,1-2H3,(H,17,18)/b14-10-. The molecule has 0 saturated heterocycles. The van der Waals surface area contributed by atoms with E-state index in [0.717, 1.165) is 16.2 Å². The summed E-state index contributed by atoms with van der Waals surface area (Å²) in [5, 5.41) is 11.3. The van der Waals surface area contributed by atoms with E-state index in [1.807, 2.05) is 43.5 Å². The van der Waals surface area contributed by atoms with Crippen molar-refractivity contribution in [3.05, 3.63) is 51.7 Å². The molecule has 0 unspecified atom stereocenters. The van der Waals surface area contributed by atoms with E-state index < -0.39 is 5.97 Å². The highest BCUT2D eigenvalue weighted by atomic mass is 32.1. The number of carboxylic acids is 1. The molecular weight excluding hydrogens is 272 g/mol. The molecule has 0 fully saturated rings. The predicted octanol–water partition coefficient (Wildman–Crippen LogP) is 4.08. The van der Waals surface area contributed by atoms with Crippen LogP contribution >= 0.6 is 11.3 Å². The molecule has 1 aromatic carbocycles. The van der Waals surface area contributed by atoms with Gasteiger partial charge in [-0.05, 0) is 54.6 Å². The summed E-state index contributed by atoms with van der Waals surface area (Å²) in [4.78, 5) is 12.4. The van der Waals surface area contributed by atoms with Crippen LogP contribution in [0.1, 0.15) is 22.9 Å². The highest BCUT2D eigenvalue weighted by molar-refractivity contribution is 7.10. The van der Waals surface area contributed by atoms with Gasteiger partial charge in [0.2, 0.25) is 0 Å².